The van der Waals surface area contributed by atoms with Gasteiger partial charge in [0.05, 0.1) is 6.20 Å². The molecule has 0 radical (unpaired) electrons. The monoisotopic (exact) mass is 288 g/mol. The van der Waals surface area contributed by atoms with Gasteiger partial charge >= 0.3 is 5.69 Å². The Balaban J connectivity index is 2.00. The van der Waals surface area contributed by atoms with E-state index in [2.05, 4.69) is 10.3 Å². The Kier molecular flexibility index (Phi) is 3.49. The van der Waals surface area contributed by atoms with Crippen molar-refractivity contribution in [2.24, 2.45) is 5.73 Å². The minimum absolute atomic E-state index is 0.323. The summed E-state index contributed by atoms with van der Waals surface area (Å²) in [5.74, 6) is 2.14. The molecule has 0 atom stereocenters. The highest BCUT2D eigenvalue weighted by Gasteiger charge is 2.22. The molecule has 3 rings (SSSR count). The lowest BCUT2D eigenvalue weighted by atomic mass is 10.2. The van der Waals surface area contributed by atoms with Gasteiger partial charge in [0.1, 0.15) is 18.0 Å². The first kappa shape index (κ1) is 13.4. The summed E-state index contributed by atoms with van der Waals surface area (Å²) in [5, 5.41) is 3.09. The van der Waals surface area contributed by atoms with E-state index in [1.165, 1.54) is 4.57 Å². The van der Waals surface area contributed by atoms with Crippen LogP contribution in [-0.4, -0.2) is 22.7 Å². The largest absolute Gasteiger partial charge is 0.490 e. The zero-order valence-corrected chi connectivity index (χ0v) is 11.6. The topological polar surface area (TPSA) is 91.4 Å². The molecule has 0 bridgehead atoms. The van der Waals surface area contributed by atoms with Crippen LogP contribution in [0.2, 0.25) is 0 Å². The van der Waals surface area contributed by atoms with E-state index in [0.717, 1.165) is 0 Å². The van der Waals surface area contributed by atoms with Crippen LogP contribution in [0, 0.1) is 0 Å². The number of nitrogens with one attached hydrogen (secondary N) is 1. The third-order valence-electron chi connectivity index (χ3n) is 3.13. The van der Waals surface area contributed by atoms with Crippen molar-refractivity contribution in [2.75, 3.05) is 18.5 Å². The van der Waals surface area contributed by atoms with Crippen LogP contribution < -0.4 is 26.2 Å². The fourth-order valence-corrected chi connectivity index (χ4v) is 2.11. The summed E-state index contributed by atoms with van der Waals surface area (Å²) in [7, 11) is 0. The van der Waals surface area contributed by atoms with Crippen LogP contribution in [0.4, 0.5) is 11.5 Å². The molecule has 0 saturated carbocycles. The number of fused-ring (bicyclic) bond motifs is 2. The lowest BCUT2D eigenvalue weighted by Gasteiger charge is -2.23. The van der Waals surface area contributed by atoms with E-state index in [-0.39, 0.29) is 5.69 Å². The number of aryl methyl sites for hydroxylation is 1. The molecule has 0 unspecified atom stereocenters. The Labute approximate surface area is 121 Å². The molecule has 21 heavy (non-hydrogen) atoms. The van der Waals surface area contributed by atoms with Gasteiger partial charge in [-0.15, -0.1) is 0 Å². The molecular weight excluding hydrogens is 272 g/mol. The Morgan fingerprint density at radius 1 is 1.43 bits per heavy atom. The van der Waals surface area contributed by atoms with E-state index in [9.17, 15) is 4.79 Å². The molecule has 7 heteroatoms. The number of benzene rings is 1. The summed E-state index contributed by atoms with van der Waals surface area (Å²) in [6.07, 6.45) is 1.65. The van der Waals surface area contributed by atoms with E-state index in [1.807, 2.05) is 25.1 Å². The van der Waals surface area contributed by atoms with Crippen molar-refractivity contribution in [3.63, 3.8) is 0 Å². The standard InChI is InChI=1S/C14H16N4O3/c1-2-18-8-11-13(17-14(18)19)16-12-9(20-7-6-15)4-3-5-10(12)21-11/h3-5,8H,2,6-7,15H2,1H3,(H,16,17,19). The van der Waals surface area contributed by atoms with Crippen molar-refractivity contribution in [3.05, 3.63) is 34.9 Å². The minimum Gasteiger partial charge on any atom is -0.490 e. The van der Waals surface area contributed by atoms with Gasteiger partial charge in [0, 0.05) is 13.1 Å². The maximum atomic E-state index is 11.8. The third-order valence-corrected chi connectivity index (χ3v) is 3.13. The Bertz CT molecular complexity index is 727. The molecule has 0 fully saturated rings. The second-order valence-corrected chi connectivity index (χ2v) is 4.52. The van der Waals surface area contributed by atoms with Crippen LogP contribution in [0.15, 0.2) is 29.2 Å². The number of nitrogens with two attached hydrogens (primary N) is 1. The van der Waals surface area contributed by atoms with E-state index in [0.29, 0.717) is 48.5 Å². The molecule has 110 valence electrons. The Morgan fingerprint density at radius 2 is 2.29 bits per heavy atom. The predicted molar refractivity (Wildman–Crippen MR) is 78.5 cm³/mol. The second-order valence-electron chi connectivity index (χ2n) is 4.52. The highest BCUT2D eigenvalue weighted by Crippen LogP contribution is 2.44. The molecule has 1 aromatic carbocycles. The van der Waals surface area contributed by atoms with Crippen molar-refractivity contribution in [1.29, 1.82) is 0 Å². The molecule has 7 nitrogen and oxygen atoms in total. The molecule has 3 N–H and O–H groups in total. The highest BCUT2D eigenvalue weighted by atomic mass is 16.5. The van der Waals surface area contributed by atoms with Crippen molar-refractivity contribution >= 4 is 11.5 Å². The van der Waals surface area contributed by atoms with Gasteiger partial charge in [-0.2, -0.15) is 4.98 Å². The van der Waals surface area contributed by atoms with Crippen LogP contribution in [0.25, 0.3) is 0 Å². The van der Waals surface area contributed by atoms with Crippen molar-refractivity contribution in [3.8, 4) is 17.2 Å². The number of aromatic nitrogens is 2. The summed E-state index contributed by atoms with van der Waals surface area (Å²) < 4.78 is 12.9. The SMILES string of the molecule is CCn1cc2c(nc1=O)Nc1c(OCCN)cccc1O2. The summed E-state index contributed by atoms with van der Waals surface area (Å²) in [6, 6.07) is 5.46. The molecule has 1 aliphatic rings. The number of hydrogen-bond acceptors (Lipinski definition) is 6. The smallest absolute Gasteiger partial charge is 0.349 e. The summed E-state index contributed by atoms with van der Waals surface area (Å²) >= 11 is 0. The normalized spacial score (nSPS) is 11.9. The molecule has 0 spiro atoms. The lowest BCUT2D eigenvalue weighted by Crippen LogP contribution is -2.24. The first-order chi connectivity index (χ1) is 10.2. The average Bonchev–Trinajstić information content (AvgIpc) is 2.50. The molecule has 0 aliphatic carbocycles. The van der Waals surface area contributed by atoms with Crippen molar-refractivity contribution in [2.45, 2.75) is 13.5 Å². The maximum Gasteiger partial charge on any atom is 0.349 e. The zero-order chi connectivity index (χ0) is 14.8. The fourth-order valence-electron chi connectivity index (χ4n) is 2.11. The number of hydrogen-bond donors (Lipinski definition) is 2. The second kappa shape index (κ2) is 5.45. The number of anilines is 2. The van der Waals surface area contributed by atoms with Gasteiger partial charge in [-0.05, 0) is 19.1 Å². The zero-order valence-electron chi connectivity index (χ0n) is 11.6. The summed E-state index contributed by atoms with van der Waals surface area (Å²) in [6.45, 7) is 3.23. The van der Waals surface area contributed by atoms with Gasteiger partial charge in [-0.25, -0.2) is 4.79 Å². The first-order valence-corrected chi connectivity index (χ1v) is 6.75. The van der Waals surface area contributed by atoms with Crippen LogP contribution in [-0.2, 0) is 6.54 Å². The molecule has 2 heterocycles. The molecule has 0 saturated heterocycles. The maximum absolute atomic E-state index is 11.8. The van der Waals surface area contributed by atoms with Gasteiger partial charge in [-0.1, -0.05) is 6.07 Å². The van der Waals surface area contributed by atoms with E-state index >= 15 is 0 Å². The molecular formula is C14H16N4O3. The molecule has 0 amide bonds. The first-order valence-electron chi connectivity index (χ1n) is 6.75. The van der Waals surface area contributed by atoms with Crippen LogP contribution in [0.3, 0.4) is 0 Å². The highest BCUT2D eigenvalue weighted by molar-refractivity contribution is 5.77. The van der Waals surface area contributed by atoms with Crippen LogP contribution in [0.5, 0.6) is 17.2 Å². The van der Waals surface area contributed by atoms with E-state index in [1.54, 1.807) is 6.20 Å². The molecule has 1 aromatic heterocycles. The van der Waals surface area contributed by atoms with Gasteiger partial charge < -0.3 is 20.5 Å². The van der Waals surface area contributed by atoms with Gasteiger partial charge in [0.2, 0.25) is 0 Å². The van der Waals surface area contributed by atoms with Crippen LogP contribution in [0.1, 0.15) is 6.92 Å². The van der Waals surface area contributed by atoms with E-state index < -0.39 is 0 Å². The van der Waals surface area contributed by atoms with Crippen molar-refractivity contribution < 1.29 is 9.47 Å². The lowest BCUT2D eigenvalue weighted by molar-refractivity contribution is 0.328. The third kappa shape index (κ3) is 2.43. The Morgan fingerprint density at radius 3 is 3.05 bits per heavy atom. The summed E-state index contributed by atoms with van der Waals surface area (Å²) in [4.78, 5) is 15.8. The van der Waals surface area contributed by atoms with Crippen LogP contribution >= 0.6 is 0 Å². The molecule has 2 aromatic rings. The van der Waals surface area contributed by atoms with Gasteiger partial charge in [-0.3, -0.25) is 4.57 Å². The number of nitrogens with zero attached hydrogens (tertiary/aromatic N) is 2. The molecule has 1 aliphatic heterocycles. The number of para-hydroxylation sites is 1. The minimum atomic E-state index is -0.323. The Hall–Kier alpha value is -2.54. The quantitative estimate of drug-likeness (QED) is 0.755. The predicted octanol–water partition coefficient (Wildman–Crippen LogP) is 1.45. The average molecular weight is 288 g/mol. The number of ether oxygens (including phenoxy) is 2. The van der Waals surface area contributed by atoms with E-state index in [4.69, 9.17) is 15.2 Å². The fraction of sp³-hybridized carbons (Fsp3) is 0.286. The van der Waals surface area contributed by atoms with Gasteiger partial charge in [0.15, 0.2) is 17.3 Å². The summed E-state index contributed by atoms with van der Waals surface area (Å²) in [5.41, 5.74) is 5.78. The van der Waals surface area contributed by atoms with Crippen molar-refractivity contribution in [1.82, 2.24) is 9.55 Å². The number of rotatable bonds is 4. The van der Waals surface area contributed by atoms with Gasteiger partial charge in [0.25, 0.3) is 0 Å².